The topological polar surface area (TPSA) is 53.9 Å². The number of piperazine rings is 1. The second-order valence-electron chi connectivity index (χ2n) is 4.81. The highest BCUT2D eigenvalue weighted by Gasteiger charge is 2.17. The number of aromatic nitrogens is 3. The van der Waals surface area contributed by atoms with Crippen LogP contribution in [0.2, 0.25) is 0 Å². The number of hydrogen-bond donors (Lipinski definition) is 1. The summed E-state index contributed by atoms with van der Waals surface area (Å²) in [5, 5.41) is 3.41. The van der Waals surface area contributed by atoms with E-state index in [1.165, 1.54) is 0 Å². The van der Waals surface area contributed by atoms with Gasteiger partial charge in [0.2, 0.25) is 5.95 Å². The van der Waals surface area contributed by atoms with Gasteiger partial charge in [0.05, 0.1) is 0 Å². The molecule has 2 aromatic rings. The van der Waals surface area contributed by atoms with Gasteiger partial charge in [0.15, 0.2) is 0 Å². The molecule has 0 aliphatic carbocycles. The van der Waals surface area contributed by atoms with Crippen LogP contribution in [0.3, 0.4) is 0 Å². The number of hydrogen-bond acceptors (Lipinski definition) is 5. The molecule has 0 amide bonds. The Bertz CT molecular complexity index is 525. The smallest absolute Gasteiger partial charge is 0.225 e. The molecule has 98 valence electrons. The van der Waals surface area contributed by atoms with E-state index in [0.29, 0.717) is 6.04 Å². The molecular formula is C14H17N5. The molecule has 5 heteroatoms. The van der Waals surface area contributed by atoms with Crippen molar-refractivity contribution in [2.45, 2.75) is 13.0 Å². The van der Waals surface area contributed by atoms with Crippen LogP contribution in [0.4, 0.5) is 5.95 Å². The minimum atomic E-state index is 0.484. The molecule has 0 aromatic carbocycles. The fourth-order valence-electron chi connectivity index (χ4n) is 2.29. The highest BCUT2D eigenvalue weighted by Crippen LogP contribution is 2.18. The second-order valence-corrected chi connectivity index (χ2v) is 4.81. The maximum Gasteiger partial charge on any atom is 0.225 e. The summed E-state index contributed by atoms with van der Waals surface area (Å²) < 4.78 is 0. The minimum Gasteiger partial charge on any atom is -0.338 e. The van der Waals surface area contributed by atoms with Crippen LogP contribution in [0.25, 0.3) is 11.1 Å². The normalized spacial score (nSPS) is 19.4. The Hall–Kier alpha value is -2.01. The van der Waals surface area contributed by atoms with E-state index in [-0.39, 0.29) is 0 Å². The molecule has 5 nitrogen and oxygen atoms in total. The largest absolute Gasteiger partial charge is 0.338 e. The minimum absolute atomic E-state index is 0.484. The third kappa shape index (κ3) is 2.71. The molecule has 0 spiro atoms. The Morgan fingerprint density at radius 2 is 1.89 bits per heavy atom. The summed E-state index contributed by atoms with van der Waals surface area (Å²) in [7, 11) is 0. The van der Waals surface area contributed by atoms with Gasteiger partial charge in [-0.25, -0.2) is 9.97 Å². The van der Waals surface area contributed by atoms with Crippen LogP contribution in [-0.4, -0.2) is 40.6 Å². The lowest BCUT2D eigenvalue weighted by Gasteiger charge is -2.31. The van der Waals surface area contributed by atoms with E-state index >= 15 is 0 Å². The van der Waals surface area contributed by atoms with Gasteiger partial charge in [-0.15, -0.1) is 0 Å². The van der Waals surface area contributed by atoms with Crippen molar-refractivity contribution >= 4 is 5.95 Å². The van der Waals surface area contributed by atoms with Crippen molar-refractivity contribution in [3.63, 3.8) is 0 Å². The molecule has 19 heavy (non-hydrogen) atoms. The van der Waals surface area contributed by atoms with Gasteiger partial charge in [0.25, 0.3) is 0 Å². The van der Waals surface area contributed by atoms with Crippen molar-refractivity contribution < 1.29 is 0 Å². The first-order valence-electron chi connectivity index (χ1n) is 6.54. The maximum absolute atomic E-state index is 4.48. The first kappa shape index (κ1) is 12.0. The zero-order chi connectivity index (χ0) is 13.1. The molecule has 1 unspecified atom stereocenters. The summed E-state index contributed by atoms with van der Waals surface area (Å²) in [4.78, 5) is 15.2. The fraction of sp³-hybridized carbons (Fsp3) is 0.357. The van der Waals surface area contributed by atoms with E-state index in [9.17, 15) is 0 Å². The van der Waals surface area contributed by atoms with Gasteiger partial charge in [-0.2, -0.15) is 0 Å². The van der Waals surface area contributed by atoms with Crippen LogP contribution in [0, 0.1) is 0 Å². The average molecular weight is 255 g/mol. The lowest BCUT2D eigenvalue weighted by molar-refractivity contribution is 0.479. The van der Waals surface area contributed by atoms with Crippen molar-refractivity contribution in [3.05, 3.63) is 36.9 Å². The first-order valence-corrected chi connectivity index (χ1v) is 6.54. The fourth-order valence-corrected chi connectivity index (χ4v) is 2.29. The number of anilines is 1. The van der Waals surface area contributed by atoms with E-state index in [1.807, 2.05) is 24.5 Å². The molecular weight excluding hydrogens is 238 g/mol. The summed E-state index contributed by atoms with van der Waals surface area (Å²) in [5.41, 5.74) is 2.12. The maximum atomic E-state index is 4.48. The molecule has 0 bridgehead atoms. The molecule has 3 heterocycles. The molecule has 1 aliphatic heterocycles. The third-order valence-corrected chi connectivity index (χ3v) is 3.30. The van der Waals surface area contributed by atoms with Gasteiger partial charge < -0.3 is 10.2 Å². The number of nitrogens with one attached hydrogen (secondary N) is 1. The molecule has 1 aliphatic rings. The second kappa shape index (κ2) is 5.32. The van der Waals surface area contributed by atoms with Gasteiger partial charge in [-0.3, -0.25) is 4.98 Å². The molecule has 2 aromatic heterocycles. The van der Waals surface area contributed by atoms with Crippen LogP contribution in [0.5, 0.6) is 0 Å². The van der Waals surface area contributed by atoms with Crippen molar-refractivity contribution in [2.24, 2.45) is 0 Å². The number of pyridine rings is 1. The zero-order valence-electron chi connectivity index (χ0n) is 11.0. The van der Waals surface area contributed by atoms with Crippen LogP contribution < -0.4 is 10.2 Å². The Morgan fingerprint density at radius 3 is 2.58 bits per heavy atom. The third-order valence-electron chi connectivity index (χ3n) is 3.30. The zero-order valence-corrected chi connectivity index (χ0v) is 11.0. The molecule has 1 saturated heterocycles. The summed E-state index contributed by atoms with van der Waals surface area (Å²) in [5.74, 6) is 0.811. The molecule has 1 fully saturated rings. The van der Waals surface area contributed by atoms with Crippen molar-refractivity contribution in [2.75, 3.05) is 24.5 Å². The van der Waals surface area contributed by atoms with Gasteiger partial charge in [-0.05, 0) is 24.6 Å². The summed E-state index contributed by atoms with van der Waals surface area (Å²) >= 11 is 0. The monoisotopic (exact) mass is 255 g/mol. The van der Waals surface area contributed by atoms with Crippen molar-refractivity contribution in [1.82, 2.24) is 20.3 Å². The van der Waals surface area contributed by atoms with Crippen LogP contribution in [0.15, 0.2) is 36.9 Å². The van der Waals surface area contributed by atoms with E-state index in [4.69, 9.17) is 0 Å². The van der Waals surface area contributed by atoms with Crippen LogP contribution in [0.1, 0.15) is 6.92 Å². The summed E-state index contributed by atoms with van der Waals surface area (Å²) in [6.07, 6.45) is 7.32. The standard InChI is InChI=1S/C14H17N5/c1-11-10-19(7-6-16-11)14-17-8-13(9-18-14)12-2-4-15-5-3-12/h2-5,8-9,11,16H,6-7,10H2,1H3. The van der Waals surface area contributed by atoms with Crippen molar-refractivity contribution in [3.8, 4) is 11.1 Å². The lowest BCUT2D eigenvalue weighted by atomic mass is 10.1. The van der Waals surface area contributed by atoms with Crippen LogP contribution in [-0.2, 0) is 0 Å². The highest BCUT2D eigenvalue weighted by atomic mass is 15.3. The Labute approximate surface area is 112 Å². The number of rotatable bonds is 2. The predicted molar refractivity (Wildman–Crippen MR) is 74.9 cm³/mol. The predicted octanol–water partition coefficient (Wildman–Crippen LogP) is 1.34. The Balaban J connectivity index is 1.79. The highest BCUT2D eigenvalue weighted by molar-refractivity contribution is 5.61. The lowest BCUT2D eigenvalue weighted by Crippen LogP contribution is -2.49. The molecule has 0 saturated carbocycles. The summed E-state index contributed by atoms with van der Waals surface area (Å²) in [6.45, 7) is 5.07. The van der Waals surface area contributed by atoms with Crippen LogP contribution >= 0.6 is 0 Å². The SMILES string of the molecule is CC1CN(c2ncc(-c3ccncc3)cn2)CCN1. The average Bonchev–Trinajstić information content (AvgIpc) is 2.48. The first-order chi connectivity index (χ1) is 9.33. The van der Waals surface area contributed by atoms with E-state index in [0.717, 1.165) is 36.7 Å². The van der Waals surface area contributed by atoms with Gasteiger partial charge >= 0.3 is 0 Å². The van der Waals surface area contributed by atoms with E-state index < -0.39 is 0 Å². The van der Waals surface area contributed by atoms with E-state index in [1.54, 1.807) is 12.4 Å². The molecule has 0 radical (unpaired) electrons. The quantitative estimate of drug-likeness (QED) is 0.877. The van der Waals surface area contributed by atoms with Gasteiger partial charge in [-0.1, -0.05) is 0 Å². The van der Waals surface area contributed by atoms with Crippen molar-refractivity contribution in [1.29, 1.82) is 0 Å². The summed E-state index contributed by atoms with van der Waals surface area (Å²) in [6, 6.07) is 4.41. The molecule has 1 N–H and O–H groups in total. The number of nitrogens with zero attached hydrogens (tertiary/aromatic N) is 4. The van der Waals surface area contributed by atoms with E-state index in [2.05, 4.69) is 32.1 Å². The Kier molecular flexibility index (Phi) is 3.37. The van der Waals surface area contributed by atoms with Gasteiger partial charge in [0, 0.05) is 56.0 Å². The molecule has 3 rings (SSSR count). The molecule has 1 atom stereocenters. The Morgan fingerprint density at radius 1 is 1.16 bits per heavy atom. The van der Waals surface area contributed by atoms with Gasteiger partial charge in [0.1, 0.15) is 0 Å².